The van der Waals surface area contributed by atoms with Crippen LogP contribution in [0, 0.1) is 5.92 Å². The highest BCUT2D eigenvalue weighted by molar-refractivity contribution is 5.89. The second-order valence-corrected chi connectivity index (χ2v) is 9.43. The van der Waals surface area contributed by atoms with Crippen LogP contribution in [0.25, 0.3) is 0 Å². The molecule has 0 aliphatic carbocycles. The number of hydrogen-bond donors (Lipinski definition) is 1. The van der Waals surface area contributed by atoms with E-state index in [1.807, 2.05) is 90.7 Å². The van der Waals surface area contributed by atoms with Gasteiger partial charge in [-0.2, -0.15) is 0 Å². The predicted octanol–water partition coefficient (Wildman–Crippen LogP) is 5.30. The van der Waals surface area contributed by atoms with Crippen LogP contribution in [0.4, 0.5) is 0 Å². The van der Waals surface area contributed by atoms with E-state index in [2.05, 4.69) is 24.4 Å². The zero-order chi connectivity index (χ0) is 24.0. The van der Waals surface area contributed by atoms with Crippen LogP contribution in [0.15, 0.2) is 91.0 Å². The van der Waals surface area contributed by atoms with Gasteiger partial charge in [0.15, 0.2) is 0 Å². The molecule has 1 N–H and O–H groups in total. The maximum absolute atomic E-state index is 13.6. The highest BCUT2D eigenvalue weighted by atomic mass is 16.2. The number of amides is 2. The Labute approximate surface area is 203 Å². The molecular weight excluding hydrogens is 420 g/mol. The van der Waals surface area contributed by atoms with Crippen LogP contribution >= 0.6 is 0 Å². The molecule has 4 nitrogen and oxygen atoms in total. The largest absolute Gasteiger partial charge is 0.351 e. The second kappa shape index (κ2) is 10.7. The van der Waals surface area contributed by atoms with Crippen molar-refractivity contribution in [3.05, 3.63) is 108 Å². The van der Waals surface area contributed by atoms with Crippen LogP contribution < -0.4 is 5.32 Å². The van der Waals surface area contributed by atoms with Crippen LogP contribution in [0.3, 0.4) is 0 Å². The van der Waals surface area contributed by atoms with Crippen molar-refractivity contribution in [2.24, 2.45) is 5.92 Å². The molecule has 0 radical (unpaired) electrons. The van der Waals surface area contributed by atoms with E-state index in [9.17, 15) is 9.59 Å². The van der Waals surface area contributed by atoms with Crippen molar-refractivity contribution in [1.82, 2.24) is 10.2 Å². The number of hydrogen-bond acceptors (Lipinski definition) is 2. The summed E-state index contributed by atoms with van der Waals surface area (Å²) in [6.07, 6.45) is 1.24. The average Bonchev–Trinajstić information content (AvgIpc) is 2.92. The van der Waals surface area contributed by atoms with Gasteiger partial charge in [0.25, 0.3) is 0 Å². The van der Waals surface area contributed by atoms with Gasteiger partial charge in [0.1, 0.15) is 0 Å². The number of likely N-dealkylation sites (tertiary alicyclic amines) is 1. The molecule has 1 aliphatic heterocycles. The van der Waals surface area contributed by atoms with Gasteiger partial charge >= 0.3 is 0 Å². The molecule has 3 aromatic rings. The summed E-state index contributed by atoms with van der Waals surface area (Å²) in [6.45, 7) is 5.80. The molecule has 34 heavy (non-hydrogen) atoms. The lowest BCUT2D eigenvalue weighted by Crippen LogP contribution is -2.53. The number of carbonyl (C=O) groups is 2. The summed E-state index contributed by atoms with van der Waals surface area (Å²) in [7, 11) is 0. The smallest absolute Gasteiger partial charge is 0.231 e. The molecule has 1 heterocycles. The van der Waals surface area contributed by atoms with E-state index in [1.165, 1.54) is 5.56 Å². The number of nitrogens with one attached hydrogen (secondary N) is 1. The van der Waals surface area contributed by atoms with Gasteiger partial charge < -0.3 is 10.2 Å². The van der Waals surface area contributed by atoms with Crippen molar-refractivity contribution in [3.8, 4) is 0 Å². The first kappa shape index (κ1) is 23.7. The van der Waals surface area contributed by atoms with E-state index < -0.39 is 5.41 Å². The molecule has 176 valence electrons. The van der Waals surface area contributed by atoms with Gasteiger partial charge in [0, 0.05) is 25.6 Å². The van der Waals surface area contributed by atoms with Crippen molar-refractivity contribution < 1.29 is 9.59 Å². The fraction of sp³-hybridized carbons (Fsp3) is 0.333. The van der Waals surface area contributed by atoms with Gasteiger partial charge in [-0.1, -0.05) is 105 Å². The summed E-state index contributed by atoms with van der Waals surface area (Å²) in [5, 5.41) is 3.17. The van der Waals surface area contributed by atoms with E-state index in [0.29, 0.717) is 32.5 Å². The molecule has 0 saturated carbocycles. The number of rotatable bonds is 7. The highest BCUT2D eigenvalue weighted by Crippen LogP contribution is 2.37. The quantitative estimate of drug-likeness (QED) is 0.526. The number of benzene rings is 3. The van der Waals surface area contributed by atoms with Gasteiger partial charge in [-0.05, 0) is 35.4 Å². The highest BCUT2D eigenvalue weighted by Gasteiger charge is 2.44. The van der Waals surface area contributed by atoms with Crippen molar-refractivity contribution in [3.63, 3.8) is 0 Å². The predicted molar refractivity (Wildman–Crippen MR) is 136 cm³/mol. The maximum atomic E-state index is 13.6. The third-order valence-corrected chi connectivity index (χ3v) is 7.45. The Morgan fingerprint density at radius 1 is 0.824 bits per heavy atom. The molecule has 4 rings (SSSR count). The van der Waals surface area contributed by atoms with Crippen LogP contribution in [0.1, 0.15) is 49.3 Å². The van der Waals surface area contributed by atoms with E-state index in [4.69, 9.17) is 0 Å². The van der Waals surface area contributed by atoms with Crippen molar-refractivity contribution in [1.29, 1.82) is 0 Å². The minimum atomic E-state index is -0.624. The third-order valence-electron chi connectivity index (χ3n) is 7.45. The molecule has 0 spiro atoms. The maximum Gasteiger partial charge on any atom is 0.231 e. The summed E-state index contributed by atoms with van der Waals surface area (Å²) in [4.78, 5) is 28.9. The molecule has 1 fully saturated rings. The van der Waals surface area contributed by atoms with Crippen LogP contribution in [0.2, 0.25) is 0 Å². The van der Waals surface area contributed by atoms with E-state index in [-0.39, 0.29) is 23.7 Å². The minimum Gasteiger partial charge on any atom is -0.351 e. The lowest BCUT2D eigenvalue weighted by atomic mass is 9.71. The van der Waals surface area contributed by atoms with Crippen molar-refractivity contribution in [2.75, 3.05) is 13.1 Å². The number of nitrogens with zero attached hydrogens (tertiary/aromatic N) is 1. The Morgan fingerprint density at radius 3 is 1.94 bits per heavy atom. The van der Waals surface area contributed by atoms with Gasteiger partial charge in [-0.3, -0.25) is 9.59 Å². The zero-order valence-electron chi connectivity index (χ0n) is 20.1. The first-order valence-electron chi connectivity index (χ1n) is 12.2. The Hall–Kier alpha value is -3.40. The minimum absolute atomic E-state index is 0.0420. The van der Waals surface area contributed by atoms with Crippen LogP contribution in [-0.4, -0.2) is 29.8 Å². The molecule has 0 aromatic heterocycles. The Morgan fingerprint density at radius 2 is 1.35 bits per heavy atom. The molecule has 2 amide bonds. The Bertz CT molecular complexity index is 1070. The standard InChI is InChI=1S/C30H34N2O2/c1-23(26-14-8-4-9-15-26)24(2)28(33)32-20-18-30(19-21-32,27-16-10-5-11-17-27)29(34)31-22-25-12-6-3-7-13-25/h3-17,23-24H,18-22H2,1-2H3,(H,31,34)/t23?,24-/m0/s1. The van der Waals surface area contributed by atoms with Crippen molar-refractivity contribution >= 4 is 11.8 Å². The summed E-state index contributed by atoms with van der Waals surface area (Å²) in [5.41, 5.74) is 2.66. The van der Waals surface area contributed by atoms with Gasteiger partial charge in [-0.15, -0.1) is 0 Å². The molecule has 0 bridgehead atoms. The zero-order valence-corrected chi connectivity index (χ0v) is 20.1. The molecule has 2 atom stereocenters. The fourth-order valence-corrected chi connectivity index (χ4v) is 5.01. The van der Waals surface area contributed by atoms with E-state index in [0.717, 1.165) is 11.1 Å². The second-order valence-electron chi connectivity index (χ2n) is 9.43. The van der Waals surface area contributed by atoms with Crippen LogP contribution in [0.5, 0.6) is 0 Å². The SMILES string of the molecule is CC(c1ccccc1)[C@H](C)C(=O)N1CCC(C(=O)NCc2ccccc2)(c2ccccc2)CC1. The summed E-state index contributed by atoms with van der Waals surface area (Å²) in [6, 6.07) is 30.2. The topological polar surface area (TPSA) is 49.4 Å². The first-order chi connectivity index (χ1) is 16.5. The normalized spacial score (nSPS) is 16.9. The molecule has 1 saturated heterocycles. The lowest BCUT2D eigenvalue weighted by molar-refractivity contribution is -0.140. The Balaban J connectivity index is 1.47. The molecular formula is C30H34N2O2. The van der Waals surface area contributed by atoms with E-state index in [1.54, 1.807) is 0 Å². The van der Waals surface area contributed by atoms with Gasteiger partial charge in [0.2, 0.25) is 11.8 Å². The van der Waals surface area contributed by atoms with Gasteiger partial charge in [0.05, 0.1) is 5.41 Å². The number of piperidine rings is 1. The lowest BCUT2D eigenvalue weighted by Gasteiger charge is -2.42. The fourth-order valence-electron chi connectivity index (χ4n) is 5.01. The molecule has 3 aromatic carbocycles. The molecule has 4 heteroatoms. The summed E-state index contributed by atoms with van der Waals surface area (Å²) >= 11 is 0. The van der Waals surface area contributed by atoms with Gasteiger partial charge in [-0.25, -0.2) is 0 Å². The summed E-state index contributed by atoms with van der Waals surface area (Å²) in [5.74, 6) is 0.241. The molecule has 1 unspecified atom stereocenters. The van der Waals surface area contributed by atoms with Crippen LogP contribution in [-0.2, 0) is 21.5 Å². The monoisotopic (exact) mass is 454 g/mol. The number of carbonyl (C=O) groups excluding carboxylic acids is 2. The molecule has 1 aliphatic rings. The third kappa shape index (κ3) is 5.06. The average molecular weight is 455 g/mol. The van der Waals surface area contributed by atoms with E-state index >= 15 is 0 Å². The van der Waals surface area contributed by atoms with Crippen molar-refractivity contribution in [2.45, 2.75) is 44.6 Å². The summed E-state index contributed by atoms with van der Waals surface area (Å²) < 4.78 is 0. The first-order valence-corrected chi connectivity index (χ1v) is 12.2. The Kier molecular flexibility index (Phi) is 7.46.